The number of nitrogens with one attached hydrogen (secondary N) is 1. The first-order chi connectivity index (χ1) is 13.3. The number of hydrogen-bond donors (Lipinski definition) is 1. The summed E-state index contributed by atoms with van der Waals surface area (Å²) < 4.78 is 13.0. The van der Waals surface area contributed by atoms with Gasteiger partial charge in [0.15, 0.2) is 0 Å². The van der Waals surface area contributed by atoms with E-state index in [0.717, 1.165) is 22.5 Å². The van der Waals surface area contributed by atoms with Gasteiger partial charge >= 0.3 is 0 Å². The van der Waals surface area contributed by atoms with Crippen LogP contribution in [0.4, 0.5) is 0 Å². The Morgan fingerprint density at radius 3 is 2.74 bits per heavy atom. The topological polar surface area (TPSA) is 65.4 Å². The number of carbonyl (C=O) groups excluding carboxylic acids is 1. The zero-order valence-electron chi connectivity index (χ0n) is 15.1. The van der Waals surface area contributed by atoms with Gasteiger partial charge in [-0.15, -0.1) is 0 Å². The highest BCUT2D eigenvalue weighted by Crippen LogP contribution is 2.22. The summed E-state index contributed by atoms with van der Waals surface area (Å²) in [5, 5.41) is 2.93. The van der Waals surface area contributed by atoms with Crippen LogP contribution in [0.5, 0.6) is 0 Å². The SMILES string of the molecule is O=C(CCc1nc2ccccc2n1-c1ccccc1)NC[C@@H]1COCCO1. The standard InChI is InChI=1S/C21H23N3O3/c25-21(22-14-17-15-26-12-13-27-17)11-10-20-23-18-8-4-5-9-19(18)24(20)16-6-2-1-3-7-16/h1-9,17H,10-15H2,(H,22,25)/t17-/m1/s1. The van der Waals surface area contributed by atoms with E-state index in [-0.39, 0.29) is 12.0 Å². The molecule has 6 heteroatoms. The van der Waals surface area contributed by atoms with E-state index in [9.17, 15) is 4.79 Å². The minimum absolute atomic E-state index is 0.00385. The fraction of sp³-hybridized carbons (Fsp3) is 0.333. The summed E-state index contributed by atoms with van der Waals surface area (Å²) in [5.41, 5.74) is 3.03. The molecule has 140 valence electrons. The lowest BCUT2D eigenvalue weighted by Crippen LogP contribution is -2.39. The van der Waals surface area contributed by atoms with Crippen molar-refractivity contribution in [2.75, 3.05) is 26.4 Å². The highest BCUT2D eigenvalue weighted by molar-refractivity contribution is 5.79. The number of nitrogens with zero attached hydrogens (tertiary/aromatic N) is 2. The van der Waals surface area contributed by atoms with Gasteiger partial charge in [-0.05, 0) is 24.3 Å². The molecule has 1 N–H and O–H groups in total. The summed E-state index contributed by atoms with van der Waals surface area (Å²) >= 11 is 0. The molecule has 1 amide bonds. The average molecular weight is 365 g/mol. The van der Waals surface area contributed by atoms with Crippen LogP contribution in [0.25, 0.3) is 16.7 Å². The van der Waals surface area contributed by atoms with Crippen LogP contribution >= 0.6 is 0 Å². The van der Waals surface area contributed by atoms with E-state index in [4.69, 9.17) is 14.5 Å². The second-order valence-electron chi connectivity index (χ2n) is 6.56. The molecule has 27 heavy (non-hydrogen) atoms. The molecule has 1 aliphatic rings. The first-order valence-electron chi connectivity index (χ1n) is 9.29. The highest BCUT2D eigenvalue weighted by Gasteiger charge is 2.16. The van der Waals surface area contributed by atoms with Crippen molar-refractivity contribution in [3.05, 3.63) is 60.4 Å². The quantitative estimate of drug-likeness (QED) is 0.729. The number of benzene rings is 2. The Hall–Kier alpha value is -2.70. The fourth-order valence-corrected chi connectivity index (χ4v) is 3.30. The first kappa shape index (κ1) is 17.7. The Labute approximate surface area is 158 Å². The maximum absolute atomic E-state index is 12.3. The van der Waals surface area contributed by atoms with E-state index >= 15 is 0 Å². The Kier molecular flexibility index (Phi) is 5.46. The van der Waals surface area contributed by atoms with Crippen molar-refractivity contribution >= 4 is 16.9 Å². The van der Waals surface area contributed by atoms with Crippen LogP contribution in [0.2, 0.25) is 0 Å². The minimum Gasteiger partial charge on any atom is -0.376 e. The Morgan fingerprint density at radius 2 is 1.93 bits per heavy atom. The molecule has 0 aliphatic carbocycles. The van der Waals surface area contributed by atoms with E-state index in [1.807, 2.05) is 36.4 Å². The average Bonchev–Trinajstić information content (AvgIpc) is 3.10. The van der Waals surface area contributed by atoms with Gasteiger partial charge in [-0.2, -0.15) is 0 Å². The van der Waals surface area contributed by atoms with Gasteiger partial charge < -0.3 is 14.8 Å². The Bertz CT molecular complexity index is 901. The fourth-order valence-electron chi connectivity index (χ4n) is 3.30. The highest BCUT2D eigenvalue weighted by atomic mass is 16.6. The third-order valence-electron chi connectivity index (χ3n) is 4.63. The van der Waals surface area contributed by atoms with Gasteiger partial charge in [0.25, 0.3) is 0 Å². The number of para-hydroxylation sites is 3. The number of rotatable bonds is 6. The number of aromatic nitrogens is 2. The van der Waals surface area contributed by atoms with E-state index in [1.54, 1.807) is 0 Å². The molecule has 1 aromatic heterocycles. The summed E-state index contributed by atoms with van der Waals surface area (Å²) in [6.07, 6.45) is 0.887. The number of carbonyl (C=O) groups is 1. The lowest BCUT2D eigenvalue weighted by atomic mass is 10.2. The van der Waals surface area contributed by atoms with Crippen molar-refractivity contribution in [2.24, 2.45) is 0 Å². The van der Waals surface area contributed by atoms with Gasteiger partial charge in [-0.3, -0.25) is 9.36 Å². The van der Waals surface area contributed by atoms with Crippen LogP contribution in [-0.4, -0.2) is 47.9 Å². The lowest BCUT2D eigenvalue weighted by Gasteiger charge is -2.23. The molecule has 0 spiro atoms. The summed E-state index contributed by atoms with van der Waals surface area (Å²) in [6, 6.07) is 18.2. The molecule has 1 saturated heterocycles. The zero-order valence-corrected chi connectivity index (χ0v) is 15.1. The van der Waals surface area contributed by atoms with Gasteiger partial charge in [-0.25, -0.2) is 4.98 Å². The summed E-state index contributed by atoms with van der Waals surface area (Å²) in [4.78, 5) is 17.0. The summed E-state index contributed by atoms with van der Waals surface area (Å²) in [5.74, 6) is 0.880. The van der Waals surface area contributed by atoms with Gasteiger partial charge in [0, 0.05) is 25.1 Å². The summed E-state index contributed by atoms with van der Waals surface area (Å²) in [7, 11) is 0. The second-order valence-corrected chi connectivity index (χ2v) is 6.56. The van der Waals surface area contributed by atoms with Gasteiger partial charge in [0.1, 0.15) is 5.82 Å². The monoisotopic (exact) mass is 365 g/mol. The normalized spacial score (nSPS) is 17.1. The van der Waals surface area contributed by atoms with E-state index in [1.165, 1.54) is 0 Å². The molecule has 1 atom stereocenters. The second kappa shape index (κ2) is 8.33. The molecule has 6 nitrogen and oxygen atoms in total. The molecule has 0 unspecified atom stereocenters. The lowest BCUT2D eigenvalue weighted by molar-refractivity contribution is -0.123. The Balaban J connectivity index is 1.46. The number of aryl methyl sites for hydroxylation is 1. The van der Waals surface area contributed by atoms with E-state index in [0.29, 0.717) is 39.2 Å². The molecule has 4 rings (SSSR count). The van der Waals surface area contributed by atoms with Crippen LogP contribution in [0.1, 0.15) is 12.2 Å². The van der Waals surface area contributed by atoms with Crippen molar-refractivity contribution in [1.29, 1.82) is 0 Å². The van der Waals surface area contributed by atoms with Gasteiger partial charge in [0.2, 0.25) is 5.91 Å². The first-order valence-corrected chi connectivity index (χ1v) is 9.29. The molecular formula is C21H23N3O3. The maximum Gasteiger partial charge on any atom is 0.220 e. The maximum atomic E-state index is 12.3. The smallest absolute Gasteiger partial charge is 0.220 e. The Morgan fingerprint density at radius 1 is 1.11 bits per heavy atom. The minimum atomic E-state index is -0.0587. The third kappa shape index (κ3) is 4.18. The molecule has 0 radical (unpaired) electrons. The third-order valence-corrected chi connectivity index (χ3v) is 4.63. The molecule has 3 aromatic rings. The zero-order chi connectivity index (χ0) is 18.5. The van der Waals surface area contributed by atoms with Crippen LogP contribution in [0.15, 0.2) is 54.6 Å². The predicted octanol–water partition coefficient (Wildman–Crippen LogP) is 2.49. The van der Waals surface area contributed by atoms with Crippen molar-refractivity contribution in [2.45, 2.75) is 18.9 Å². The largest absolute Gasteiger partial charge is 0.376 e. The van der Waals surface area contributed by atoms with Crippen molar-refractivity contribution in [3.8, 4) is 5.69 Å². The van der Waals surface area contributed by atoms with Crippen LogP contribution in [0, 0.1) is 0 Å². The molecule has 0 bridgehead atoms. The van der Waals surface area contributed by atoms with Crippen LogP contribution < -0.4 is 5.32 Å². The molecule has 2 heterocycles. The van der Waals surface area contributed by atoms with Gasteiger partial charge in [0.05, 0.1) is 37.0 Å². The molecule has 1 fully saturated rings. The van der Waals surface area contributed by atoms with Crippen molar-refractivity contribution in [3.63, 3.8) is 0 Å². The predicted molar refractivity (Wildman–Crippen MR) is 103 cm³/mol. The number of ether oxygens (including phenoxy) is 2. The van der Waals surface area contributed by atoms with Crippen molar-refractivity contribution < 1.29 is 14.3 Å². The van der Waals surface area contributed by atoms with Crippen LogP contribution in [-0.2, 0) is 20.7 Å². The molecular weight excluding hydrogens is 342 g/mol. The number of hydrogen-bond acceptors (Lipinski definition) is 4. The summed E-state index contributed by atoms with van der Waals surface area (Å²) in [6.45, 7) is 2.22. The number of amides is 1. The molecule has 1 aliphatic heterocycles. The van der Waals surface area contributed by atoms with Crippen LogP contribution in [0.3, 0.4) is 0 Å². The number of fused-ring (bicyclic) bond motifs is 1. The van der Waals surface area contributed by atoms with Crippen molar-refractivity contribution in [1.82, 2.24) is 14.9 Å². The van der Waals surface area contributed by atoms with E-state index < -0.39 is 0 Å². The molecule has 2 aromatic carbocycles. The van der Waals surface area contributed by atoms with E-state index in [2.05, 4.69) is 28.1 Å². The molecule has 0 saturated carbocycles. The number of imidazole rings is 1. The van der Waals surface area contributed by atoms with Gasteiger partial charge in [-0.1, -0.05) is 30.3 Å².